The van der Waals surface area contributed by atoms with Crippen molar-refractivity contribution in [3.63, 3.8) is 0 Å². The molecule has 0 aromatic heterocycles. The van der Waals surface area contributed by atoms with Crippen LogP contribution in [0.3, 0.4) is 0 Å². The van der Waals surface area contributed by atoms with E-state index < -0.39 is 0 Å². The molecule has 1 saturated carbocycles. The molecular weight excluding hydrogens is 182 g/mol. The Labute approximate surface area is 85.0 Å². The zero-order chi connectivity index (χ0) is 10.4. The van der Waals surface area contributed by atoms with Gasteiger partial charge in [0.15, 0.2) is 0 Å². The number of rotatable bonds is 6. The van der Waals surface area contributed by atoms with Crippen LogP contribution in [-0.4, -0.2) is 37.9 Å². The summed E-state index contributed by atoms with van der Waals surface area (Å²) < 4.78 is 10.4. The third kappa shape index (κ3) is 3.64. The van der Waals surface area contributed by atoms with Gasteiger partial charge in [0, 0.05) is 19.3 Å². The molecule has 1 aliphatic carbocycles. The van der Waals surface area contributed by atoms with Crippen molar-refractivity contribution < 1.29 is 14.3 Å². The van der Waals surface area contributed by atoms with Gasteiger partial charge >= 0.3 is 0 Å². The minimum absolute atomic E-state index is 0.0215. The predicted octanol–water partition coefficient (Wildman–Crippen LogP) is 0.707. The van der Waals surface area contributed by atoms with Gasteiger partial charge in [0.1, 0.15) is 6.61 Å². The van der Waals surface area contributed by atoms with Gasteiger partial charge in [-0.15, -0.1) is 0 Å². The largest absolute Gasteiger partial charge is 0.378 e. The van der Waals surface area contributed by atoms with Crippen molar-refractivity contribution in [3.05, 3.63) is 0 Å². The van der Waals surface area contributed by atoms with E-state index in [0.717, 1.165) is 19.4 Å². The van der Waals surface area contributed by atoms with Crippen LogP contribution in [0.1, 0.15) is 26.7 Å². The van der Waals surface area contributed by atoms with Crippen molar-refractivity contribution in [2.45, 2.75) is 38.8 Å². The molecule has 1 amide bonds. The molecule has 0 radical (unpaired) electrons. The van der Waals surface area contributed by atoms with Gasteiger partial charge in [0.05, 0.1) is 6.10 Å². The smallest absolute Gasteiger partial charge is 0.246 e. The van der Waals surface area contributed by atoms with Crippen LogP contribution in [0.2, 0.25) is 0 Å². The van der Waals surface area contributed by atoms with Crippen LogP contribution in [0.5, 0.6) is 0 Å². The molecule has 1 N–H and O–H groups in total. The van der Waals surface area contributed by atoms with Crippen molar-refractivity contribution in [1.29, 1.82) is 0 Å². The first-order chi connectivity index (χ1) is 6.76. The summed E-state index contributed by atoms with van der Waals surface area (Å²) in [5.41, 5.74) is 0. The van der Waals surface area contributed by atoms with Crippen LogP contribution in [0.25, 0.3) is 0 Å². The first kappa shape index (κ1) is 11.5. The number of nitrogens with one attached hydrogen (secondary N) is 1. The second-order valence-electron chi connectivity index (χ2n) is 3.45. The van der Waals surface area contributed by atoms with Gasteiger partial charge in [0.2, 0.25) is 5.91 Å². The summed E-state index contributed by atoms with van der Waals surface area (Å²) in [6, 6.07) is 0.291. The van der Waals surface area contributed by atoms with E-state index in [1.54, 1.807) is 0 Å². The van der Waals surface area contributed by atoms with Gasteiger partial charge < -0.3 is 14.8 Å². The number of hydrogen-bond acceptors (Lipinski definition) is 3. The average Bonchev–Trinajstić information content (AvgIpc) is 2.11. The summed E-state index contributed by atoms with van der Waals surface area (Å²) in [6.07, 6.45) is 2.22. The monoisotopic (exact) mass is 201 g/mol. The molecule has 0 unspecified atom stereocenters. The third-order valence-electron chi connectivity index (χ3n) is 2.30. The molecule has 1 aliphatic rings. The van der Waals surface area contributed by atoms with E-state index in [-0.39, 0.29) is 12.5 Å². The number of ether oxygens (including phenoxy) is 2. The molecule has 0 spiro atoms. The summed E-state index contributed by atoms with van der Waals surface area (Å²) in [4.78, 5) is 11.2. The van der Waals surface area contributed by atoms with Gasteiger partial charge in [-0.05, 0) is 26.7 Å². The minimum Gasteiger partial charge on any atom is -0.378 e. The Morgan fingerprint density at radius 1 is 1.36 bits per heavy atom. The number of amides is 1. The quantitative estimate of drug-likeness (QED) is 0.688. The maximum absolute atomic E-state index is 11.2. The molecule has 0 heterocycles. The van der Waals surface area contributed by atoms with Crippen molar-refractivity contribution >= 4 is 5.91 Å². The summed E-state index contributed by atoms with van der Waals surface area (Å²) in [7, 11) is 0. The predicted molar refractivity (Wildman–Crippen MR) is 53.1 cm³/mol. The van der Waals surface area contributed by atoms with Crippen molar-refractivity contribution in [2.24, 2.45) is 0 Å². The minimum atomic E-state index is -0.0215. The summed E-state index contributed by atoms with van der Waals surface area (Å²) in [5, 5.41) is 2.90. The second-order valence-corrected chi connectivity index (χ2v) is 3.45. The van der Waals surface area contributed by atoms with E-state index >= 15 is 0 Å². The Morgan fingerprint density at radius 2 is 2.07 bits per heavy atom. The Hall–Kier alpha value is -0.610. The van der Waals surface area contributed by atoms with Gasteiger partial charge in [-0.1, -0.05) is 0 Å². The molecule has 82 valence electrons. The topological polar surface area (TPSA) is 47.6 Å². The highest BCUT2D eigenvalue weighted by molar-refractivity contribution is 5.77. The van der Waals surface area contributed by atoms with Crippen LogP contribution in [0, 0.1) is 0 Å². The summed E-state index contributed by atoms with van der Waals surface area (Å²) in [6.45, 7) is 5.37. The Bertz CT molecular complexity index is 178. The lowest BCUT2D eigenvalue weighted by Crippen LogP contribution is -2.48. The molecule has 4 nitrogen and oxygen atoms in total. The first-order valence-electron chi connectivity index (χ1n) is 5.25. The van der Waals surface area contributed by atoms with E-state index in [1.807, 2.05) is 13.8 Å². The fourth-order valence-electron chi connectivity index (χ4n) is 1.52. The lowest BCUT2D eigenvalue weighted by atomic mass is 9.89. The van der Waals surface area contributed by atoms with Gasteiger partial charge in [-0.25, -0.2) is 0 Å². The molecular formula is C10H19NO3. The van der Waals surface area contributed by atoms with E-state index in [9.17, 15) is 4.79 Å². The van der Waals surface area contributed by atoms with Gasteiger partial charge in [-0.2, -0.15) is 0 Å². The molecule has 14 heavy (non-hydrogen) atoms. The summed E-state index contributed by atoms with van der Waals surface area (Å²) in [5.74, 6) is -0.0215. The molecule has 1 rings (SSSR count). The van der Waals surface area contributed by atoms with Crippen LogP contribution < -0.4 is 5.32 Å². The van der Waals surface area contributed by atoms with Gasteiger partial charge in [-0.3, -0.25) is 4.79 Å². The van der Waals surface area contributed by atoms with Crippen LogP contribution in [-0.2, 0) is 14.3 Å². The van der Waals surface area contributed by atoms with Crippen molar-refractivity contribution in [2.75, 3.05) is 19.8 Å². The van der Waals surface area contributed by atoms with E-state index in [4.69, 9.17) is 9.47 Å². The van der Waals surface area contributed by atoms with Crippen LogP contribution in [0.15, 0.2) is 0 Å². The fraction of sp³-hybridized carbons (Fsp3) is 0.900. The number of carbonyl (C=O) groups is 1. The zero-order valence-electron chi connectivity index (χ0n) is 8.91. The lowest BCUT2D eigenvalue weighted by molar-refractivity contribution is -0.128. The molecule has 0 saturated heterocycles. The Kier molecular flexibility index (Phi) is 4.90. The third-order valence-corrected chi connectivity index (χ3v) is 2.30. The van der Waals surface area contributed by atoms with E-state index in [2.05, 4.69) is 5.32 Å². The van der Waals surface area contributed by atoms with Crippen molar-refractivity contribution in [3.8, 4) is 0 Å². The Balaban J connectivity index is 2.01. The number of hydrogen-bond donors (Lipinski definition) is 1. The normalized spacial score (nSPS) is 25.6. The standard InChI is InChI=1S/C10H19NO3/c1-3-13-7-10(12)11-8-5-9(6-8)14-4-2/h8-9H,3-7H2,1-2H3,(H,11,12). The van der Waals surface area contributed by atoms with Crippen LogP contribution >= 0.6 is 0 Å². The molecule has 0 aliphatic heterocycles. The number of carbonyl (C=O) groups excluding carboxylic acids is 1. The van der Waals surface area contributed by atoms with Gasteiger partial charge in [0.25, 0.3) is 0 Å². The summed E-state index contributed by atoms with van der Waals surface area (Å²) >= 11 is 0. The molecule has 0 aromatic carbocycles. The average molecular weight is 201 g/mol. The first-order valence-corrected chi connectivity index (χ1v) is 5.25. The SMILES string of the molecule is CCOCC(=O)NC1CC(OCC)C1. The van der Waals surface area contributed by atoms with E-state index in [1.165, 1.54) is 0 Å². The van der Waals surface area contributed by atoms with Crippen LogP contribution in [0.4, 0.5) is 0 Å². The Morgan fingerprint density at radius 3 is 2.64 bits per heavy atom. The lowest BCUT2D eigenvalue weighted by Gasteiger charge is -2.35. The highest BCUT2D eigenvalue weighted by atomic mass is 16.5. The maximum Gasteiger partial charge on any atom is 0.246 e. The highest BCUT2D eigenvalue weighted by Crippen LogP contribution is 2.22. The highest BCUT2D eigenvalue weighted by Gasteiger charge is 2.30. The maximum atomic E-state index is 11.2. The molecule has 0 aromatic rings. The molecule has 0 atom stereocenters. The molecule has 4 heteroatoms. The van der Waals surface area contributed by atoms with E-state index in [0.29, 0.717) is 18.8 Å². The second kappa shape index (κ2) is 5.98. The molecule has 0 bridgehead atoms. The fourth-order valence-corrected chi connectivity index (χ4v) is 1.52. The van der Waals surface area contributed by atoms with Crippen molar-refractivity contribution in [1.82, 2.24) is 5.32 Å². The molecule has 1 fully saturated rings. The zero-order valence-corrected chi connectivity index (χ0v) is 8.91.